The second-order valence-electron chi connectivity index (χ2n) is 9.36. The lowest BCUT2D eigenvalue weighted by molar-refractivity contribution is 0.296. The molecule has 7 rings (SSSR count). The third-order valence-electron chi connectivity index (χ3n) is 6.79. The Hall–Kier alpha value is -4.98. The van der Waals surface area contributed by atoms with Gasteiger partial charge in [0.05, 0.1) is 28.4 Å². The summed E-state index contributed by atoms with van der Waals surface area (Å²) in [5.74, 6) is 2.31. The van der Waals surface area contributed by atoms with E-state index in [1.165, 1.54) is 5.56 Å². The molecule has 38 heavy (non-hydrogen) atoms. The molecule has 3 aromatic carbocycles. The highest BCUT2D eigenvalue weighted by Gasteiger charge is 2.38. The summed E-state index contributed by atoms with van der Waals surface area (Å²) in [6, 6.07) is 28.2. The highest BCUT2D eigenvalue weighted by atomic mass is 16.5. The van der Waals surface area contributed by atoms with Crippen LogP contribution in [0.5, 0.6) is 17.5 Å². The zero-order valence-corrected chi connectivity index (χ0v) is 20.9. The predicted molar refractivity (Wildman–Crippen MR) is 142 cm³/mol. The van der Waals surface area contributed by atoms with Gasteiger partial charge < -0.3 is 9.47 Å². The van der Waals surface area contributed by atoms with E-state index in [1.54, 1.807) is 10.8 Å². The Bertz CT molecular complexity index is 1760. The maximum absolute atomic E-state index is 6.47. The Labute approximate surface area is 219 Å². The average Bonchev–Trinajstić information content (AvgIpc) is 3.53. The van der Waals surface area contributed by atoms with Crippen molar-refractivity contribution >= 4 is 5.65 Å². The lowest BCUT2D eigenvalue weighted by Crippen LogP contribution is -2.16. The predicted octanol–water partition coefficient (Wildman–Crippen LogP) is 5.79. The molecule has 0 saturated heterocycles. The third kappa shape index (κ3) is 3.69. The monoisotopic (exact) mass is 500 g/mol. The Kier molecular flexibility index (Phi) is 5.18. The topological polar surface area (TPSA) is 79.4 Å². The molecular weight excluding hydrogens is 476 g/mol. The molecule has 1 aliphatic rings. The summed E-state index contributed by atoms with van der Waals surface area (Å²) in [4.78, 5) is 9.55. The fourth-order valence-electron chi connectivity index (χ4n) is 4.99. The summed E-state index contributed by atoms with van der Waals surface area (Å²) in [5.41, 5.74) is 6.62. The fourth-order valence-corrected chi connectivity index (χ4v) is 4.99. The summed E-state index contributed by atoms with van der Waals surface area (Å²) >= 11 is 0. The Morgan fingerprint density at radius 2 is 1.58 bits per heavy atom. The number of benzene rings is 3. The number of para-hydroxylation sites is 1. The van der Waals surface area contributed by atoms with Crippen LogP contribution in [0, 0.1) is 13.8 Å². The molecule has 0 N–H and O–H groups in total. The van der Waals surface area contributed by atoms with Crippen molar-refractivity contribution in [2.75, 3.05) is 0 Å². The van der Waals surface area contributed by atoms with Gasteiger partial charge in [0.15, 0.2) is 11.5 Å². The van der Waals surface area contributed by atoms with E-state index >= 15 is 0 Å². The first-order chi connectivity index (χ1) is 18.7. The average molecular weight is 501 g/mol. The van der Waals surface area contributed by atoms with Gasteiger partial charge in [-0.2, -0.15) is 5.10 Å². The van der Waals surface area contributed by atoms with Crippen LogP contribution in [-0.2, 0) is 6.61 Å². The number of aromatic nitrogens is 6. The molecule has 0 spiro atoms. The Morgan fingerprint density at radius 3 is 2.34 bits per heavy atom. The van der Waals surface area contributed by atoms with Crippen molar-refractivity contribution in [2.45, 2.75) is 26.4 Å². The van der Waals surface area contributed by atoms with Gasteiger partial charge in [-0.1, -0.05) is 66.2 Å². The second kappa shape index (κ2) is 8.85. The molecule has 1 atom stereocenters. The minimum absolute atomic E-state index is 0.182. The first-order valence-corrected chi connectivity index (χ1v) is 12.5. The normalized spacial score (nSPS) is 14.1. The summed E-state index contributed by atoms with van der Waals surface area (Å²) in [6.07, 6.45) is 1.64. The molecule has 0 aliphatic carbocycles. The van der Waals surface area contributed by atoms with Crippen LogP contribution in [0.4, 0.5) is 0 Å². The van der Waals surface area contributed by atoms with Gasteiger partial charge in [0.1, 0.15) is 18.7 Å². The molecule has 6 aromatic rings. The standard InChI is InChI=1S/C30H24N6O2/c1-19-13-15-23(16-14-19)37-17-24-32-28-27-26(21-9-5-3-6-10-21)25-20(2)33-36(22-11-7-4-8-12-22)30(25)38-29(27)31-18-35(28)34-24/h3-16,18,26H,17H2,1-2H3/t26-/m1/s1. The van der Waals surface area contributed by atoms with Gasteiger partial charge in [-0.15, -0.1) is 5.10 Å². The minimum atomic E-state index is -0.182. The van der Waals surface area contributed by atoms with E-state index in [1.807, 2.05) is 91.3 Å². The SMILES string of the molecule is Cc1ccc(OCc2nc3c4c(ncn3n2)Oc2c(c(C)nn2-c2ccccc2)[C@H]4c2ccccc2)cc1. The molecule has 0 radical (unpaired) electrons. The van der Waals surface area contributed by atoms with Gasteiger partial charge in [-0.3, -0.25) is 0 Å². The number of hydrogen-bond acceptors (Lipinski definition) is 6. The van der Waals surface area contributed by atoms with E-state index in [-0.39, 0.29) is 12.5 Å². The van der Waals surface area contributed by atoms with E-state index < -0.39 is 0 Å². The first-order valence-electron chi connectivity index (χ1n) is 12.5. The van der Waals surface area contributed by atoms with Crippen molar-refractivity contribution in [1.82, 2.24) is 29.4 Å². The smallest absolute Gasteiger partial charge is 0.230 e. The molecular formula is C30H24N6O2. The van der Waals surface area contributed by atoms with Crippen molar-refractivity contribution in [2.24, 2.45) is 0 Å². The second-order valence-corrected chi connectivity index (χ2v) is 9.36. The highest BCUT2D eigenvalue weighted by Crippen LogP contribution is 2.49. The summed E-state index contributed by atoms with van der Waals surface area (Å²) in [6.45, 7) is 4.30. The first kappa shape index (κ1) is 22.2. The summed E-state index contributed by atoms with van der Waals surface area (Å²) in [5, 5.41) is 9.53. The molecule has 1 aliphatic heterocycles. The van der Waals surface area contributed by atoms with E-state index in [2.05, 4.69) is 22.2 Å². The zero-order chi connectivity index (χ0) is 25.6. The number of rotatable bonds is 5. The zero-order valence-electron chi connectivity index (χ0n) is 20.9. The van der Waals surface area contributed by atoms with Gasteiger partial charge in [-0.25, -0.2) is 19.2 Å². The molecule has 8 heteroatoms. The van der Waals surface area contributed by atoms with Crippen molar-refractivity contribution in [3.63, 3.8) is 0 Å². The number of nitrogens with zero attached hydrogens (tertiary/aromatic N) is 6. The number of ether oxygens (including phenoxy) is 2. The molecule has 4 heterocycles. The molecule has 3 aromatic heterocycles. The van der Waals surface area contributed by atoms with E-state index in [9.17, 15) is 0 Å². The molecule has 186 valence electrons. The number of hydrogen-bond donors (Lipinski definition) is 0. The molecule has 0 amide bonds. The van der Waals surface area contributed by atoms with Gasteiger partial charge in [0, 0.05) is 0 Å². The molecule has 0 bridgehead atoms. The van der Waals surface area contributed by atoms with Crippen molar-refractivity contribution in [3.05, 3.63) is 125 Å². The van der Waals surface area contributed by atoms with Crippen molar-refractivity contribution in [1.29, 1.82) is 0 Å². The van der Waals surface area contributed by atoms with Gasteiger partial charge in [0.25, 0.3) is 0 Å². The van der Waals surface area contributed by atoms with Gasteiger partial charge in [0.2, 0.25) is 11.8 Å². The number of fused-ring (bicyclic) bond motifs is 4. The van der Waals surface area contributed by atoms with Crippen molar-refractivity contribution in [3.8, 4) is 23.2 Å². The molecule has 0 saturated carbocycles. The van der Waals surface area contributed by atoms with Crippen LogP contribution in [0.3, 0.4) is 0 Å². The Morgan fingerprint density at radius 1 is 0.842 bits per heavy atom. The van der Waals surface area contributed by atoms with Crippen LogP contribution in [0.2, 0.25) is 0 Å². The van der Waals surface area contributed by atoms with Crippen LogP contribution in [0.15, 0.2) is 91.3 Å². The van der Waals surface area contributed by atoms with E-state index in [4.69, 9.17) is 19.6 Å². The third-order valence-corrected chi connectivity index (χ3v) is 6.79. The maximum Gasteiger partial charge on any atom is 0.230 e. The van der Waals surface area contributed by atoms with Crippen molar-refractivity contribution < 1.29 is 9.47 Å². The molecule has 0 fully saturated rings. The van der Waals surface area contributed by atoms with Crippen LogP contribution >= 0.6 is 0 Å². The maximum atomic E-state index is 6.47. The highest BCUT2D eigenvalue weighted by molar-refractivity contribution is 5.66. The summed E-state index contributed by atoms with van der Waals surface area (Å²) < 4.78 is 16.0. The number of aryl methyl sites for hydroxylation is 2. The van der Waals surface area contributed by atoms with E-state index in [0.29, 0.717) is 23.2 Å². The van der Waals surface area contributed by atoms with Crippen LogP contribution in [0.1, 0.15) is 39.7 Å². The van der Waals surface area contributed by atoms with Gasteiger partial charge >= 0.3 is 0 Å². The lowest BCUT2D eigenvalue weighted by atomic mass is 9.84. The quantitative estimate of drug-likeness (QED) is 0.298. The molecule has 8 nitrogen and oxygen atoms in total. The van der Waals surface area contributed by atoms with Crippen LogP contribution < -0.4 is 9.47 Å². The van der Waals surface area contributed by atoms with Gasteiger partial charge in [-0.05, 0) is 43.7 Å². The van der Waals surface area contributed by atoms with Crippen LogP contribution in [0.25, 0.3) is 11.3 Å². The Balaban J connectivity index is 1.36. The lowest BCUT2D eigenvalue weighted by Gasteiger charge is -2.26. The molecule has 0 unspecified atom stereocenters. The largest absolute Gasteiger partial charge is 0.486 e. The minimum Gasteiger partial charge on any atom is -0.486 e. The summed E-state index contributed by atoms with van der Waals surface area (Å²) in [7, 11) is 0. The van der Waals surface area contributed by atoms with Crippen LogP contribution in [-0.4, -0.2) is 29.4 Å². The fraction of sp³-hybridized carbons (Fsp3) is 0.133. The van der Waals surface area contributed by atoms with E-state index in [0.717, 1.165) is 33.8 Å².